The first-order valence-electron chi connectivity index (χ1n) is 4.19. The zero-order valence-corrected chi connectivity index (χ0v) is 12.7. The maximum atomic E-state index is 10.4. The summed E-state index contributed by atoms with van der Waals surface area (Å²) in [5, 5.41) is 8.54. The van der Waals surface area contributed by atoms with E-state index in [1.165, 1.54) is 0 Å². The van der Waals surface area contributed by atoms with Crippen molar-refractivity contribution >= 4 is 61.2 Å². The minimum Gasteiger partial charge on any atom is -0.450 e. The Labute approximate surface area is 115 Å². The summed E-state index contributed by atoms with van der Waals surface area (Å²) in [4.78, 5) is 10.2. The summed E-state index contributed by atoms with van der Waals surface area (Å²) in [6.45, 7) is 3.82. The summed E-state index contributed by atoms with van der Waals surface area (Å²) in [6.07, 6.45) is -1.66. The van der Waals surface area contributed by atoms with E-state index in [-0.39, 0.29) is 22.3 Å². The molecule has 0 amide bonds. The van der Waals surface area contributed by atoms with E-state index in [1.807, 2.05) is 13.8 Å². The fourth-order valence-corrected chi connectivity index (χ4v) is 3.21. The third-order valence-electron chi connectivity index (χ3n) is 2.67. The molecule has 0 aromatic carbocycles. The van der Waals surface area contributed by atoms with Crippen molar-refractivity contribution in [3.63, 3.8) is 0 Å². The van der Waals surface area contributed by atoms with Gasteiger partial charge in [0.1, 0.15) is 6.10 Å². The van der Waals surface area contributed by atoms with Gasteiger partial charge in [-0.2, -0.15) is 0 Å². The normalized spacial score (nSPS) is 30.8. The Balaban J connectivity index is 2.70. The van der Waals surface area contributed by atoms with Crippen molar-refractivity contribution in [3.8, 4) is 0 Å². The Morgan fingerprint density at radius 3 is 2.40 bits per heavy atom. The van der Waals surface area contributed by atoms with Crippen LogP contribution in [-0.2, 0) is 4.74 Å². The number of rotatable bonds is 3. The molecule has 1 aliphatic carbocycles. The molecular formula is C8H10Br2Cl2O3. The molecule has 3 nitrogen and oxygen atoms in total. The van der Waals surface area contributed by atoms with Crippen molar-refractivity contribution in [2.24, 2.45) is 11.3 Å². The highest BCUT2D eigenvalue weighted by Gasteiger charge is 2.66. The van der Waals surface area contributed by atoms with E-state index < -0.39 is 9.40 Å². The fraction of sp³-hybridized carbons (Fsp3) is 0.875. The van der Waals surface area contributed by atoms with Gasteiger partial charge in [-0.15, -0.1) is 0 Å². The Kier molecular flexibility index (Phi) is 3.92. The lowest BCUT2D eigenvalue weighted by Crippen LogP contribution is -2.23. The van der Waals surface area contributed by atoms with Crippen molar-refractivity contribution < 1.29 is 14.6 Å². The maximum Gasteiger partial charge on any atom is 0.506 e. The highest BCUT2D eigenvalue weighted by Crippen LogP contribution is 2.61. The Morgan fingerprint density at radius 2 is 2.07 bits per heavy atom. The molecule has 3 unspecified atom stereocenters. The average molecular weight is 385 g/mol. The van der Waals surface area contributed by atoms with Gasteiger partial charge >= 0.3 is 6.16 Å². The van der Waals surface area contributed by atoms with Gasteiger partial charge in [0.05, 0.1) is 4.83 Å². The highest BCUT2D eigenvalue weighted by atomic mass is 79.9. The van der Waals surface area contributed by atoms with Gasteiger partial charge in [-0.25, -0.2) is 4.79 Å². The number of hydrogen-bond donors (Lipinski definition) is 1. The summed E-state index contributed by atoms with van der Waals surface area (Å²) < 4.78 is 3.62. The molecule has 0 bridgehead atoms. The second-order valence-corrected chi connectivity index (χ2v) is 8.63. The second kappa shape index (κ2) is 4.24. The molecule has 7 heteroatoms. The van der Waals surface area contributed by atoms with Gasteiger partial charge in [0, 0.05) is 11.3 Å². The Hall–Kier alpha value is 0.810. The van der Waals surface area contributed by atoms with Crippen molar-refractivity contribution in [1.29, 1.82) is 0 Å². The van der Waals surface area contributed by atoms with E-state index >= 15 is 0 Å². The highest BCUT2D eigenvalue weighted by molar-refractivity contribution is 9.13. The molecule has 15 heavy (non-hydrogen) atoms. The average Bonchev–Trinajstić information content (AvgIpc) is 2.48. The van der Waals surface area contributed by atoms with Crippen LogP contribution >= 0.6 is 55.1 Å². The van der Waals surface area contributed by atoms with Crippen LogP contribution in [0.2, 0.25) is 0 Å². The summed E-state index contributed by atoms with van der Waals surface area (Å²) in [7, 11) is 0. The molecule has 3 atom stereocenters. The monoisotopic (exact) mass is 382 g/mol. The lowest BCUT2D eigenvalue weighted by molar-refractivity contribution is 0.0722. The van der Waals surface area contributed by atoms with Crippen LogP contribution in [-0.4, -0.2) is 25.4 Å². The second-order valence-electron chi connectivity index (χ2n) is 4.09. The van der Waals surface area contributed by atoms with Crippen LogP contribution in [0.1, 0.15) is 13.8 Å². The van der Waals surface area contributed by atoms with Gasteiger partial charge in [0.15, 0.2) is 3.24 Å². The first kappa shape index (κ1) is 13.9. The van der Waals surface area contributed by atoms with Gasteiger partial charge < -0.3 is 9.84 Å². The predicted octanol–water partition coefficient (Wildman–Crippen LogP) is 4.00. The smallest absolute Gasteiger partial charge is 0.450 e. The molecule has 1 fully saturated rings. The van der Waals surface area contributed by atoms with E-state index in [2.05, 4.69) is 31.9 Å². The van der Waals surface area contributed by atoms with Crippen LogP contribution in [0, 0.1) is 11.3 Å². The number of hydrogen-bond acceptors (Lipinski definition) is 2. The van der Waals surface area contributed by atoms with Gasteiger partial charge in [-0.05, 0) is 15.9 Å². The predicted molar refractivity (Wildman–Crippen MR) is 66.2 cm³/mol. The molecule has 1 N–H and O–H groups in total. The van der Waals surface area contributed by atoms with Crippen LogP contribution in [0.15, 0.2) is 0 Å². The largest absolute Gasteiger partial charge is 0.506 e. The van der Waals surface area contributed by atoms with Crippen LogP contribution < -0.4 is 0 Å². The van der Waals surface area contributed by atoms with Crippen molar-refractivity contribution in [1.82, 2.24) is 0 Å². The molecule has 0 heterocycles. The van der Waals surface area contributed by atoms with Crippen molar-refractivity contribution in [3.05, 3.63) is 0 Å². The minimum absolute atomic E-state index is 0.0528. The summed E-state index contributed by atoms with van der Waals surface area (Å²) in [5.41, 5.74) is -0.255. The zero-order valence-electron chi connectivity index (χ0n) is 8.01. The van der Waals surface area contributed by atoms with Gasteiger partial charge in [0.25, 0.3) is 0 Å². The number of halogens is 4. The topological polar surface area (TPSA) is 46.5 Å². The molecular weight excluding hydrogens is 375 g/mol. The van der Waals surface area contributed by atoms with E-state index in [0.29, 0.717) is 0 Å². The number of carboxylic acid groups (broad SMARTS) is 1. The molecule has 0 aliphatic heterocycles. The Morgan fingerprint density at radius 1 is 1.60 bits per heavy atom. The molecule has 0 radical (unpaired) electrons. The summed E-state index contributed by atoms with van der Waals surface area (Å²) in [5.74, 6) is -0.0528. The number of ether oxygens (including phenoxy) is 1. The van der Waals surface area contributed by atoms with Gasteiger partial charge in [-0.3, -0.25) is 0 Å². The van der Waals surface area contributed by atoms with Crippen LogP contribution in [0.3, 0.4) is 0 Å². The summed E-state index contributed by atoms with van der Waals surface area (Å²) >= 11 is 18.2. The standard InChI is InChI=1S/C8H10Br2Cl2O3/c1-7(2)3(4(9)8(10,11)12)5(7)15-6(13)14/h3-5H,1-2H3,(H,13,14). The van der Waals surface area contributed by atoms with E-state index in [0.717, 1.165) is 0 Å². The number of carbonyl (C=O) groups is 1. The molecule has 0 saturated heterocycles. The van der Waals surface area contributed by atoms with Crippen LogP contribution in [0.4, 0.5) is 4.79 Å². The third kappa shape index (κ3) is 2.93. The van der Waals surface area contributed by atoms with E-state index in [9.17, 15) is 4.79 Å². The fourth-order valence-electron chi connectivity index (χ4n) is 1.70. The molecule has 0 aromatic heterocycles. The lowest BCUT2D eigenvalue weighted by Gasteiger charge is -2.19. The van der Waals surface area contributed by atoms with Crippen molar-refractivity contribution in [2.75, 3.05) is 0 Å². The molecule has 1 saturated carbocycles. The first-order valence-corrected chi connectivity index (χ1v) is 6.65. The lowest BCUT2D eigenvalue weighted by atomic mass is 10.1. The first-order chi connectivity index (χ1) is 6.58. The van der Waals surface area contributed by atoms with Crippen LogP contribution in [0.5, 0.6) is 0 Å². The molecule has 0 aromatic rings. The molecule has 0 spiro atoms. The zero-order chi connectivity index (χ0) is 12.0. The van der Waals surface area contributed by atoms with Crippen molar-refractivity contribution in [2.45, 2.75) is 28.0 Å². The molecule has 1 rings (SSSR count). The Bertz CT molecular complexity index is 278. The summed E-state index contributed by atoms with van der Waals surface area (Å²) in [6, 6.07) is 0. The number of alkyl halides is 4. The van der Waals surface area contributed by atoms with E-state index in [4.69, 9.17) is 33.0 Å². The van der Waals surface area contributed by atoms with Gasteiger partial charge in [0.2, 0.25) is 0 Å². The minimum atomic E-state index is -1.28. The maximum absolute atomic E-state index is 10.4. The van der Waals surface area contributed by atoms with Gasteiger partial charge in [-0.1, -0.05) is 53.0 Å². The third-order valence-corrected chi connectivity index (χ3v) is 6.03. The SMILES string of the molecule is CC1(C)C(OC(=O)O)C1C(Br)C(Cl)(Cl)Br. The molecule has 88 valence electrons. The molecule has 1 aliphatic rings. The van der Waals surface area contributed by atoms with E-state index in [1.54, 1.807) is 0 Å². The van der Waals surface area contributed by atoms with Crippen LogP contribution in [0.25, 0.3) is 0 Å². The quantitative estimate of drug-likeness (QED) is 0.591.